The van der Waals surface area contributed by atoms with E-state index in [2.05, 4.69) is 11.9 Å². The summed E-state index contributed by atoms with van der Waals surface area (Å²) in [5.41, 5.74) is -0.269. The van der Waals surface area contributed by atoms with Crippen molar-refractivity contribution >= 4 is 5.91 Å². The van der Waals surface area contributed by atoms with E-state index in [1.807, 2.05) is 6.92 Å². The Kier molecular flexibility index (Phi) is 3.30. The number of hydrogen-bond acceptors (Lipinski definition) is 3. The molecule has 2 rings (SSSR count). The first-order valence-electron chi connectivity index (χ1n) is 5.91. The molecule has 90 valence electrons. The van der Waals surface area contributed by atoms with Crippen molar-refractivity contribution in [3.8, 4) is 0 Å². The summed E-state index contributed by atoms with van der Waals surface area (Å²) in [5, 5.41) is 2.93. The summed E-state index contributed by atoms with van der Waals surface area (Å²) in [7, 11) is 0. The number of carbonyl (C=O) groups excluding carboxylic acids is 1. The smallest absolute Gasteiger partial charge is 0.243 e. The third kappa shape index (κ3) is 1.76. The fourth-order valence-electron chi connectivity index (χ4n) is 2.71. The quantitative estimate of drug-likeness (QED) is 0.726. The van der Waals surface area contributed by atoms with Gasteiger partial charge in [0.1, 0.15) is 5.60 Å². The Hall–Kier alpha value is -0.870. The molecule has 0 radical (unpaired) electrons. The summed E-state index contributed by atoms with van der Waals surface area (Å²) in [6, 6.07) is 0.0806. The first-order chi connectivity index (χ1) is 7.73. The highest BCUT2D eigenvalue weighted by molar-refractivity contribution is 5.87. The summed E-state index contributed by atoms with van der Waals surface area (Å²) in [6.45, 7) is 6.90. The minimum atomic E-state index is -0.269. The molecule has 2 fully saturated rings. The molecule has 0 aromatic rings. The molecule has 1 aliphatic heterocycles. The topological polar surface area (TPSA) is 47.6 Å². The van der Waals surface area contributed by atoms with Crippen molar-refractivity contribution in [1.29, 1.82) is 0 Å². The Bertz CT molecular complexity index is 284. The third-order valence-corrected chi connectivity index (χ3v) is 3.54. The van der Waals surface area contributed by atoms with Gasteiger partial charge in [-0.3, -0.25) is 4.79 Å². The van der Waals surface area contributed by atoms with Gasteiger partial charge < -0.3 is 14.8 Å². The number of rotatable bonds is 4. The van der Waals surface area contributed by atoms with Crippen molar-refractivity contribution in [3.05, 3.63) is 12.7 Å². The van der Waals surface area contributed by atoms with Crippen LogP contribution in [0.1, 0.15) is 26.2 Å². The fourth-order valence-corrected chi connectivity index (χ4v) is 2.71. The maximum atomic E-state index is 11.3. The van der Waals surface area contributed by atoms with Crippen LogP contribution in [-0.2, 0) is 14.3 Å². The molecule has 3 unspecified atom stereocenters. The van der Waals surface area contributed by atoms with Gasteiger partial charge >= 0.3 is 0 Å². The molecule has 4 heteroatoms. The Morgan fingerprint density at radius 2 is 2.56 bits per heavy atom. The van der Waals surface area contributed by atoms with E-state index in [4.69, 9.17) is 9.47 Å². The number of nitrogens with one attached hydrogen (secondary N) is 1. The van der Waals surface area contributed by atoms with Crippen LogP contribution in [0.5, 0.6) is 0 Å². The summed E-state index contributed by atoms with van der Waals surface area (Å²) in [5.74, 6) is -0.130. The molecule has 0 bridgehead atoms. The molecule has 1 aliphatic carbocycles. The molecule has 1 heterocycles. The van der Waals surface area contributed by atoms with Gasteiger partial charge in [0.25, 0.3) is 0 Å². The van der Waals surface area contributed by atoms with E-state index in [0.29, 0.717) is 6.61 Å². The number of ether oxygens (including phenoxy) is 2. The fraction of sp³-hybridized carbons (Fsp3) is 0.750. The van der Waals surface area contributed by atoms with Crippen LogP contribution in [0.4, 0.5) is 0 Å². The molecule has 1 saturated heterocycles. The lowest BCUT2D eigenvalue weighted by Gasteiger charge is -2.52. The monoisotopic (exact) mass is 225 g/mol. The SMILES string of the molecule is C=CC(=O)NC1CC(OCC)C12CCCO2. The highest BCUT2D eigenvalue weighted by Crippen LogP contribution is 2.45. The van der Waals surface area contributed by atoms with E-state index in [1.54, 1.807) is 0 Å². The standard InChI is InChI=1S/C12H19NO3/c1-3-11(14)13-9-8-10(15-4-2)12(9)6-5-7-16-12/h3,9-10H,1,4-8H2,2H3,(H,13,14). The highest BCUT2D eigenvalue weighted by atomic mass is 16.6. The van der Waals surface area contributed by atoms with E-state index >= 15 is 0 Å². The van der Waals surface area contributed by atoms with Crippen LogP contribution >= 0.6 is 0 Å². The van der Waals surface area contributed by atoms with Crippen molar-refractivity contribution in [2.75, 3.05) is 13.2 Å². The van der Waals surface area contributed by atoms with Gasteiger partial charge in [0.15, 0.2) is 0 Å². The molecule has 16 heavy (non-hydrogen) atoms. The maximum Gasteiger partial charge on any atom is 0.243 e. The Morgan fingerprint density at radius 1 is 1.75 bits per heavy atom. The lowest BCUT2D eigenvalue weighted by molar-refractivity contribution is -0.197. The normalized spacial score (nSPS) is 37.1. The molecule has 3 atom stereocenters. The molecule has 4 nitrogen and oxygen atoms in total. The number of hydrogen-bond donors (Lipinski definition) is 1. The second-order valence-electron chi connectivity index (χ2n) is 4.35. The van der Waals surface area contributed by atoms with E-state index in [-0.39, 0.29) is 23.7 Å². The lowest BCUT2D eigenvalue weighted by atomic mass is 9.70. The Labute approximate surface area is 96.0 Å². The van der Waals surface area contributed by atoms with Gasteiger partial charge in [-0.2, -0.15) is 0 Å². The summed E-state index contributed by atoms with van der Waals surface area (Å²) < 4.78 is 11.5. The minimum absolute atomic E-state index is 0.0806. The first-order valence-corrected chi connectivity index (χ1v) is 5.91. The average molecular weight is 225 g/mol. The van der Waals surface area contributed by atoms with Crippen LogP contribution in [0.15, 0.2) is 12.7 Å². The molecule has 2 aliphatic rings. The van der Waals surface area contributed by atoms with Crippen molar-refractivity contribution < 1.29 is 14.3 Å². The molecule has 0 aromatic carbocycles. The van der Waals surface area contributed by atoms with Crippen LogP contribution in [0.2, 0.25) is 0 Å². The van der Waals surface area contributed by atoms with Gasteiger partial charge in [0, 0.05) is 13.2 Å². The maximum absolute atomic E-state index is 11.3. The van der Waals surface area contributed by atoms with Crippen LogP contribution in [0.3, 0.4) is 0 Å². The van der Waals surface area contributed by atoms with Crippen LogP contribution in [-0.4, -0.2) is 36.9 Å². The molecule has 0 aromatic heterocycles. The number of carbonyl (C=O) groups is 1. The predicted octanol–water partition coefficient (Wildman–Crippen LogP) is 1.02. The first kappa shape index (κ1) is 11.6. The van der Waals surface area contributed by atoms with E-state index in [9.17, 15) is 4.79 Å². The zero-order valence-corrected chi connectivity index (χ0v) is 9.70. The second-order valence-corrected chi connectivity index (χ2v) is 4.35. The van der Waals surface area contributed by atoms with E-state index < -0.39 is 0 Å². The highest BCUT2D eigenvalue weighted by Gasteiger charge is 2.59. The van der Waals surface area contributed by atoms with Gasteiger partial charge in [0.05, 0.1) is 12.1 Å². The largest absolute Gasteiger partial charge is 0.375 e. The summed E-state index contributed by atoms with van der Waals surface area (Å²) in [4.78, 5) is 11.3. The molecule has 1 N–H and O–H groups in total. The Balaban J connectivity index is 2.00. The van der Waals surface area contributed by atoms with Crippen LogP contribution in [0, 0.1) is 0 Å². The zero-order valence-electron chi connectivity index (χ0n) is 9.70. The minimum Gasteiger partial charge on any atom is -0.375 e. The van der Waals surface area contributed by atoms with Gasteiger partial charge in [-0.1, -0.05) is 6.58 Å². The van der Waals surface area contributed by atoms with Crippen molar-refractivity contribution in [2.45, 2.75) is 43.9 Å². The molecular formula is C12H19NO3. The third-order valence-electron chi connectivity index (χ3n) is 3.54. The predicted molar refractivity (Wildman–Crippen MR) is 60.1 cm³/mol. The summed E-state index contributed by atoms with van der Waals surface area (Å²) in [6.07, 6.45) is 4.29. The van der Waals surface area contributed by atoms with Crippen LogP contribution < -0.4 is 5.32 Å². The molecule has 1 spiro atoms. The molecule has 1 saturated carbocycles. The van der Waals surface area contributed by atoms with Crippen molar-refractivity contribution in [1.82, 2.24) is 5.32 Å². The van der Waals surface area contributed by atoms with E-state index in [1.165, 1.54) is 6.08 Å². The molecular weight excluding hydrogens is 206 g/mol. The van der Waals surface area contributed by atoms with Gasteiger partial charge in [-0.15, -0.1) is 0 Å². The average Bonchev–Trinajstić information content (AvgIpc) is 2.79. The number of amides is 1. The van der Waals surface area contributed by atoms with Crippen molar-refractivity contribution in [2.24, 2.45) is 0 Å². The van der Waals surface area contributed by atoms with E-state index in [0.717, 1.165) is 25.9 Å². The van der Waals surface area contributed by atoms with Crippen LogP contribution in [0.25, 0.3) is 0 Å². The van der Waals surface area contributed by atoms with Gasteiger partial charge in [0.2, 0.25) is 5.91 Å². The Morgan fingerprint density at radius 3 is 3.12 bits per heavy atom. The van der Waals surface area contributed by atoms with Crippen molar-refractivity contribution in [3.63, 3.8) is 0 Å². The van der Waals surface area contributed by atoms with Gasteiger partial charge in [-0.05, 0) is 32.3 Å². The zero-order chi connectivity index (χ0) is 11.6. The second kappa shape index (κ2) is 4.55. The molecule has 1 amide bonds. The summed E-state index contributed by atoms with van der Waals surface area (Å²) >= 11 is 0. The van der Waals surface area contributed by atoms with Gasteiger partial charge in [-0.25, -0.2) is 0 Å². The lowest BCUT2D eigenvalue weighted by Crippen LogP contribution is -2.69.